The van der Waals surface area contributed by atoms with Gasteiger partial charge < -0.3 is 5.11 Å². The second kappa shape index (κ2) is 2.06. The molecule has 1 aliphatic carbocycles. The van der Waals surface area contributed by atoms with Gasteiger partial charge in [-0.25, -0.2) is 0 Å². The number of hydrogen-bond donors (Lipinski definition) is 1. The summed E-state index contributed by atoms with van der Waals surface area (Å²) in [5.74, 6) is 2.27. The summed E-state index contributed by atoms with van der Waals surface area (Å²) in [6, 6.07) is 0. The maximum absolute atomic E-state index is 8.63. The van der Waals surface area contributed by atoms with Crippen molar-refractivity contribution in [1.29, 1.82) is 0 Å². The first-order chi connectivity index (χ1) is 3.75. The van der Waals surface area contributed by atoms with Gasteiger partial charge in [0, 0.05) is 6.61 Å². The Hall–Kier alpha value is -0.0400. The minimum atomic E-state index is 0.406. The van der Waals surface area contributed by atoms with Crippen molar-refractivity contribution in [2.45, 2.75) is 20.3 Å². The van der Waals surface area contributed by atoms with Crippen LogP contribution >= 0.6 is 0 Å². The number of aliphatic hydroxyl groups excluding tert-OH is 1. The van der Waals surface area contributed by atoms with Crippen LogP contribution in [0.15, 0.2) is 0 Å². The summed E-state index contributed by atoms with van der Waals surface area (Å²) < 4.78 is 0. The van der Waals surface area contributed by atoms with E-state index in [4.69, 9.17) is 5.11 Å². The highest BCUT2D eigenvalue weighted by Gasteiger charge is 2.38. The van der Waals surface area contributed by atoms with Crippen LogP contribution < -0.4 is 0 Å². The standard InChI is InChI=1S/C7H14O/c1-5(2)7-3-6(7)4-8/h5-8H,3-4H2,1-2H3/t6-,7+/m0/s1. The molecule has 1 fully saturated rings. The molecule has 1 N–H and O–H groups in total. The fourth-order valence-corrected chi connectivity index (χ4v) is 1.30. The first-order valence-electron chi connectivity index (χ1n) is 3.36. The average Bonchev–Trinajstić information content (AvgIpc) is 2.42. The molecule has 1 nitrogen and oxygen atoms in total. The Kier molecular flexibility index (Phi) is 1.57. The molecular weight excluding hydrogens is 100 g/mol. The second-order valence-electron chi connectivity index (χ2n) is 3.09. The van der Waals surface area contributed by atoms with Crippen molar-refractivity contribution in [3.63, 3.8) is 0 Å². The van der Waals surface area contributed by atoms with E-state index in [-0.39, 0.29) is 0 Å². The zero-order chi connectivity index (χ0) is 6.15. The van der Waals surface area contributed by atoms with Crippen LogP contribution in [-0.4, -0.2) is 11.7 Å². The molecule has 8 heavy (non-hydrogen) atoms. The van der Waals surface area contributed by atoms with Crippen LogP contribution in [0, 0.1) is 17.8 Å². The lowest BCUT2D eigenvalue weighted by molar-refractivity contribution is 0.262. The third kappa shape index (κ3) is 1.03. The molecule has 0 bridgehead atoms. The fraction of sp³-hybridized carbons (Fsp3) is 1.00. The Morgan fingerprint density at radius 3 is 2.38 bits per heavy atom. The predicted molar refractivity (Wildman–Crippen MR) is 33.5 cm³/mol. The third-order valence-corrected chi connectivity index (χ3v) is 2.07. The van der Waals surface area contributed by atoms with E-state index in [1.807, 2.05) is 0 Å². The average molecular weight is 114 g/mol. The zero-order valence-corrected chi connectivity index (χ0v) is 5.59. The highest BCUT2D eigenvalue weighted by molar-refractivity contribution is 4.87. The van der Waals surface area contributed by atoms with Crippen molar-refractivity contribution in [2.24, 2.45) is 17.8 Å². The van der Waals surface area contributed by atoms with E-state index in [1.165, 1.54) is 6.42 Å². The molecule has 0 heterocycles. The summed E-state index contributed by atoms with van der Waals surface area (Å²) in [6.45, 7) is 4.85. The summed E-state index contributed by atoms with van der Waals surface area (Å²) >= 11 is 0. The first kappa shape index (κ1) is 6.09. The monoisotopic (exact) mass is 114 g/mol. The van der Waals surface area contributed by atoms with Crippen LogP contribution in [0.2, 0.25) is 0 Å². The zero-order valence-electron chi connectivity index (χ0n) is 5.59. The lowest BCUT2D eigenvalue weighted by Gasteiger charge is -1.98. The first-order valence-corrected chi connectivity index (χ1v) is 3.36. The van der Waals surface area contributed by atoms with Gasteiger partial charge in [0.25, 0.3) is 0 Å². The molecule has 0 unspecified atom stereocenters. The highest BCUT2D eigenvalue weighted by Crippen LogP contribution is 2.43. The molecular formula is C7H14O. The lowest BCUT2D eigenvalue weighted by Crippen LogP contribution is -1.95. The van der Waals surface area contributed by atoms with Crippen LogP contribution in [0.1, 0.15) is 20.3 Å². The van der Waals surface area contributed by atoms with E-state index in [1.54, 1.807) is 0 Å². The third-order valence-electron chi connectivity index (χ3n) is 2.07. The van der Waals surface area contributed by atoms with Gasteiger partial charge in [-0.1, -0.05) is 13.8 Å². The SMILES string of the molecule is CC(C)[C@H]1C[C@H]1CO. The van der Waals surface area contributed by atoms with Crippen LogP contribution in [-0.2, 0) is 0 Å². The van der Waals surface area contributed by atoms with Gasteiger partial charge in [0.15, 0.2) is 0 Å². The highest BCUT2D eigenvalue weighted by atomic mass is 16.3. The number of hydrogen-bond acceptors (Lipinski definition) is 1. The lowest BCUT2D eigenvalue weighted by atomic mass is 10.1. The molecule has 0 saturated heterocycles. The number of rotatable bonds is 2. The van der Waals surface area contributed by atoms with Crippen molar-refractivity contribution in [3.8, 4) is 0 Å². The van der Waals surface area contributed by atoms with Gasteiger partial charge in [0.1, 0.15) is 0 Å². The molecule has 2 atom stereocenters. The Morgan fingerprint density at radius 1 is 1.62 bits per heavy atom. The minimum absolute atomic E-state index is 0.406. The minimum Gasteiger partial charge on any atom is -0.396 e. The van der Waals surface area contributed by atoms with Gasteiger partial charge >= 0.3 is 0 Å². The van der Waals surface area contributed by atoms with Gasteiger partial charge in [0.05, 0.1) is 0 Å². The Labute approximate surface area is 50.7 Å². The van der Waals surface area contributed by atoms with Crippen molar-refractivity contribution in [1.82, 2.24) is 0 Å². The summed E-state index contributed by atoms with van der Waals surface area (Å²) in [4.78, 5) is 0. The smallest absolute Gasteiger partial charge is 0.0462 e. The van der Waals surface area contributed by atoms with Crippen molar-refractivity contribution < 1.29 is 5.11 Å². The predicted octanol–water partition coefficient (Wildman–Crippen LogP) is 1.27. The normalized spacial score (nSPS) is 36.0. The molecule has 1 aliphatic rings. The molecule has 0 aliphatic heterocycles. The van der Waals surface area contributed by atoms with Crippen LogP contribution in [0.5, 0.6) is 0 Å². The van der Waals surface area contributed by atoms with Crippen molar-refractivity contribution >= 4 is 0 Å². The van der Waals surface area contributed by atoms with Gasteiger partial charge in [-0.3, -0.25) is 0 Å². The summed E-state index contributed by atoms with van der Waals surface area (Å²) in [5.41, 5.74) is 0. The van der Waals surface area contributed by atoms with Crippen LogP contribution in [0.3, 0.4) is 0 Å². The van der Waals surface area contributed by atoms with E-state index in [0.717, 1.165) is 11.8 Å². The molecule has 0 amide bonds. The molecule has 48 valence electrons. The maximum atomic E-state index is 8.63. The van der Waals surface area contributed by atoms with E-state index in [2.05, 4.69) is 13.8 Å². The van der Waals surface area contributed by atoms with Gasteiger partial charge in [-0.15, -0.1) is 0 Å². The second-order valence-corrected chi connectivity index (χ2v) is 3.09. The van der Waals surface area contributed by atoms with Gasteiger partial charge in [-0.05, 0) is 24.2 Å². The summed E-state index contributed by atoms with van der Waals surface area (Å²) in [6.07, 6.45) is 1.26. The molecule has 0 radical (unpaired) electrons. The van der Waals surface area contributed by atoms with Gasteiger partial charge in [0.2, 0.25) is 0 Å². The van der Waals surface area contributed by atoms with E-state index < -0.39 is 0 Å². The van der Waals surface area contributed by atoms with Crippen molar-refractivity contribution in [3.05, 3.63) is 0 Å². The van der Waals surface area contributed by atoms with Gasteiger partial charge in [-0.2, -0.15) is 0 Å². The Balaban J connectivity index is 2.16. The molecule has 0 aromatic carbocycles. The topological polar surface area (TPSA) is 20.2 Å². The van der Waals surface area contributed by atoms with E-state index >= 15 is 0 Å². The maximum Gasteiger partial charge on any atom is 0.0462 e. The molecule has 1 heteroatoms. The van der Waals surface area contributed by atoms with Crippen LogP contribution in [0.4, 0.5) is 0 Å². The van der Waals surface area contributed by atoms with E-state index in [0.29, 0.717) is 12.5 Å². The molecule has 0 aromatic rings. The largest absolute Gasteiger partial charge is 0.396 e. The quantitative estimate of drug-likeness (QED) is 0.573. The summed E-state index contributed by atoms with van der Waals surface area (Å²) in [7, 11) is 0. The molecule has 1 rings (SSSR count). The van der Waals surface area contributed by atoms with Crippen molar-refractivity contribution in [2.75, 3.05) is 6.61 Å². The number of aliphatic hydroxyl groups is 1. The Bertz CT molecular complexity index is 78.5. The Morgan fingerprint density at radius 2 is 2.25 bits per heavy atom. The van der Waals surface area contributed by atoms with E-state index in [9.17, 15) is 0 Å². The fourth-order valence-electron chi connectivity index (χ4n) is 1.30. The molecule has 0 aromatic heterocycles. The van der Waals surface area contributed by atoms with Crippen LogP contribution in [0.25, 0.3) is 0 Å². The summed E-state index contributed by atoms with van der Waals surface area (Å²) in [5, 5.41) is 8.63. The molecule has 0 spiro atoms. The molecule has 1 saturated carbocycles.